The number of aromatic nitrogens is 5. The molecule has 0 aliphatic heterocycles. The van der Waals surface area contributed by atoms with E-state index < -0.39 is 5.82 Å². The first-order chi connectivity index (χ1) is 16.9. The Kier molecular flexibility index (Phi) is 7.54. The van der Waals surface area contributed by atoms with E-state index in [1.54, 1.807) is 34.9 Å². The van der Waals surface area contributed by atoms with Crippen molar-refractivity contribution in [2.24, 2.45) is 5.92 Å². The first kappa shape index (κ1) is 24.5. The molecule has 2 aromatic carbocycles. The SMILES string of the molecule is COc1cc(-c2nnc(SCc3noc(CC(C)C)n3)n2-c2ccccc2F)cc(OC)c1OC. The zero-order chi connectivity index (χ0) is 24.9. The van der Waals surface area contributed by atoms with E-state index in [2.05, 4.69) is 34.2 Å². The first-order valence-electron chi connectivity index (χ1n) is 10.9. The second-order valence-corrected chi connectivity index (χ2v) is 8.94. The lowest BCUT2D eigenvalue weighted by Gasteiger charge is -2.15. The highest BCUT2D eigenvalue weighted by Gasteiger charge is 2.22. The minimum absolute atomic E-state index is 0.303. The molecule has 0 atom stereocenters. The number of hydrogen-bond acceptors (Lipinski definition) is 9. The van der Waals surface area contributed by atoms with Crippen LogP contribution in [-0.2, 0) is 12.2 Å². The van der Waals surface area contributed by atoms with Gasteiger partial charge in [0.2, 0.25) is 11.6 Å². The molecule has 2 aromatic heterocycles. The van der Waals surface area contributed by atoms with E-state index in [1.165, 1.54) is 39.2 Å². The Bertz CT molecular complexity index is 1280. The number of thioether (sulfide) groups is 1. The minimum Gasteiger partial charge on any atom is -0.493 e. The van der Waals surface area contributed by atoms with Crippen molar-refractivity contribution >= 4 is 11.8 Å². The predicted molar refractivity (Wildman–Crippen MR) is 129 cm³/mol. The summed E-state index contributed by atoms with van der Waals surface area (Å²) in [5.41, 5.74) is 0.915. The van der Waals surface area contributed by atoms with Gasteiger partial charge in [-0.25, -0.2) is 4.39 Å². The van der Waals surface area contributed by atoms with E-state index in [4.69, 9.17) is 18.7 Å². The summed E-state index contributed by atoms with van der Waals surface area (Å²) < 4.78 is 38.3. The van der Waals surface area contributed by atoms with Crippen LogP contribution in [0, 0.1) is 11.7 Å². The summed E-state index contributed by atoms with van der Waals surface area (Å²) in [5, 5.41) is 13.2. The molecule has 0 aliphatic rings. The van der Waals surface area contributed by atoms with Crippen LogP contribution < -0.4 is 14.2 Å². The van der Waals surface area contributed by atoms with Gasteiger partial charge in [-0.05, 0) is 30.2 Å². The Morgan fingerprint density at radius 3 is 2.37 bits per heavy atom. The molecule has 0 spiro atoms. The Hall–Kier alpha value is -3.60. The lowest BCUT2D eigenvalue weighted by molar-refractivity contribution is 0.324. The highest BCUT2D eigenvalue weighted by molar-refractivity contribution is 7.98. The van der Waals surface area contributed by atoms with Crippen molar-refractivity contribution in [3.63, 3.8) is 0 Å². The maximum Gasteiger partial charge on any atom is 0.226 e. The molecule has 4 aromatic rings. The Balaban J connectivity index is 1.76. The highest BCUT2D eigenvalue weighted by atomic mass is 32.2. The Morgan fingerprint density at radius 2 is 1.74 bits per heavy atom. The molecular weight excluding hydrogens is 473 g/mol. The van der Waals surface area contributed by atoms with E-state index in [9.17, 15) is 4.39 Å². The number of rotatable bonds is 10. The van der Waals surface area contributed by atoms with Crippen molar-refractivity contribution in [1.82, 2.24) is 24.9 Å². The number of benzene rings is 2. The molecule has 0 saturated heterocycles. The smallest absolute Gasteiger partial charge is 0.226 e. The van der Waals surface area contributed by atoms with Crippen LogP contribution >= 0.6 is 11.8 Å². The van der Waals surface area contributed by atoms with Gasteiger partial charge in [0.15, 0.2) is 28.3 Å². The van der Waals surface area contributed by atoms with Crippen LogP contribution in [0.3, 0.4) is 0 Å². The van der Waals surface area contributed by atoms with Crippen LogP contribution in [0.25, 0.3) is 17.1 Å². The lowest BCUT2D eigenvalue weighted by Crippen LogP contribution is -2.03. The van der Waals surface area contributed by atoms with Crippen molar-refractivity contribution in [3.05, 3.63) is 53.9 Å². The molecule has 0 N–H and O–H groups in total. The van der Waals surface area contributed by atoms with Crippen molar-refractivity contribution in [3.8, 4) is 34.3 Å². The summed E-state index contributed by atoms with van der Waals surface area (Å²) in [6.45, 7) is 4.17. The normalized spacial score (nSPS) is 11.2. The molecule has 0 amide bonds. The monoisotopic (exact) mass is 499 g/mol. The van der Waals surface area contributed by atoms with E-state index in [0.717, 1.165) is 0 Å². The molecule has 0 saturated carbocycles. The summed E-state index contributed by atoms with van der Waals surface area (Å²) in [6, 6.07) is 9.93. The van der Waals surface area contributed by atoms with E-state index >= 15 is 0 Å². The second-order valence-electron chi connectivity index (χ2n) is 8.00. The van der Waals surface area contributed by atoms with E-state index in [0.29, 0.717) is 69.3 Å². The molecule has 11 heteroatoms. The highest BCUT2D eigenvalue weighted by Crippen LogP contribution is 2.42. The molecule has 0 fully saturated rings. The number of methoxy groups -OCH3 is 3. The van der Waals surface area contributed by atoms with Gasteiger partial charge in [-0.3, -0.25) is 4.57 Å². The molecule has 35 heavy (non-hydrogen) atoms. The van der Waals surface area contributed by atoms with Gasteiger partial charge in [-0.15, -0.1) is 10.2 Å². The number of nitrogens with zero attached hydrogens (tertiary/aromatic N) is 5. The quantitative estimate of drug-likeness (QED) is 0.280. The zero-order valence-corrected chi connectivity index (χ0v) is 20.9. The zero-order valence-electron chi connectivity index (χ0n) is 20.1. The van der Waals surface area contributed by atoms with Gasteiger partial charge in [0.25, 0.3) is 0 Å². The Labute approximate surface area is 206 Å². The summed E-state index contributed by atoms with van der Waals surface area (Å²) in [7, 11) is 4.59. The average Bonchev–Trinajstić information content (AvgIpc) is 3.48. The largest absolute Gasteiger partial charge is 0.493 e. The number of para-hydroxylation sites is 1. The van der Waals surface area contributed by atoms with Gasteiger partial charge < -0.3 is 18.7 Å². The number of halogens is 1. The van der Waals surface area contributed by atoms with Crippen LogP contribution in [0.1, 0.15) is 25.6 Å². The molecule has 9 nitrogen and oxygen atoms in total. The summed E-state index contributed by atoms with van der Waals surface area (Å²) in [6.07, 6.45) is 0.703. The number of ether oxygens (including phenoxy) is 3. The molecule has 184 valence electrons. The van der Waals surface area contributed by atoms with Crippen LogP contribution in [0.2, 0.25) is 0 Å². The van der Waals surface area contributed by atoms with Gasteiger partial charge in [0.1, 0.15) is 5.82 Å². The topological polar surface area (TPSA) is 97.3 Å². The van der Waals surface area contributed by atoms with Crippen molar-refractivity contribution < 1.29 is 23.1 Å². The average molecular weight is 500 g/mol. The van der Waals surface area contributed by atoms with Gasteiger partial charge in [-0.2, -0.15) is 4.98 Å². The fourth-order valence-electron chi connectivity index (χ4n) is 3.52. The van der Waals surface area contributed by atoms with Crippen LogP contribution in [0.15, 0.2) is 46.1 Å². The van der Waals surface area contributed by atoms with Gasteiger partial charge in [0, 0.05) is 12.0 Å². The maximum atomic E-state index is 14.9. The lowest BCUT2D eigenvalue weighted by atomic mass is 10.1. The maximum absolute atomic E-state index is 14.9. The Morgan fingerprint density at radius 1 is 1.03 bits per heavy atom. The molecule has 0 bridgehead atoms. The fourth-order valence-corrected chi connectivity index (χ4v) is 4.31. The molecule has 4 rings (SSSR count). The molecule has 2 heterocycles. The number of hydrogen-bond donors (Lipinski definition) is 0. The first-order valence-corrected chi connectivity index (χ1v) is 11.9. The molecule has 0 radical (unpaired) electrons. The summed E-state index contributed by atoms with van der Waals surface area (Å²) in [4.78, 5) is 4.44. The third-order valence-corrected chi connectivity index (χ3v) is 6.00. The summed E-state index contributed by atoms with van der Waals surface area (Å²) in [5.74, 6) is 3.23. The van der Waals surface area contributed by atoms with Crippen molar-refractivity contribution in [2.45, 2.75) is 31.2 Å². The van der Waals surface area contributed by atoms with Crippen LogP contribution in [0.5, 0.6) is 17.2 Å². The fraction of sp³-hybridized carbons (Fsp3) is 0.333. The van der Waals surface area contributed by atoms with Gasteiger partial charge >= 0.3 is 0 Å². The van der Waals surface area contributed by atoms with Gasteiger partial charge in [-0.1, -0.05) is 42.9 Å². The third-order valence-electron chi connectivity index (χ3n) is 5.07. The van der Waals surface area contributed by atoms with Crippen molar-refractivity contribution in [2.75, 3.05) is 21.3 Å². The second kappa shape index (κ2) is 10.8. The van der Waals surface area contributed by atoms with E-state index in [1.807, 2.05) is 0 Å². The predicted octanol–water partition coefficient (Wildman–Crippen LogP) is 4.97. The standard InChI is InChI=1S/C24H26FN5O4S/c1-14(2)10-21-26-20(29-34-21)13-35-24-28-27-23(30(24)17-9-7-6-8-16(17)25)15-11-18(31-3)22(33-5)19(12-15)32-4/h6-9,11-12,14H,10,13H2,1-5H3. The van der Waals surface area contributed by atoms with Crippen LogP contribution in [-0.4, -0.2) is 46.2 Å². The molecule has 0 unspecified atom stereocenters. The summed E-state index contributed by atoms with van der Waals surface area (Å²) >= 11 is 1.33. The van der Waals surface area contributed by atoms with Crippen LogP contribution in [0.4, 0.5) is 4.39 Å². The molecular formula is C24H26FN5O4S. The molecule has 0 aliphatic carbocycles. The third kappa shape index (κ3) is 5.24. The van der Waals surface area contributed by atoms with Crippen molar-refractivity contribution in [1.29, 1.82) is 0 Å². The minimum atomic E-state index is -0.415. The van der Waals surface area contributed by atoms with Gasteiger partial charge in [0.05, 0.1) is 32.8 Å². The van der Waals surface area contributed by atoms with E-state index in [-0.39, 0.29) is 0 Å².